The molecule has 0 saturated carbocycles. The van der Waals surface area contributed by atoms with Gasteiger partial charge in [0.1, 0.15) is 6.61 Å². The van der Waals surface area contributed by atoms with Gasteiger partial charge in [0, 0.05) is 0 Å². The number of carbonyl (C=O) groups is 1. The predicted molar refractivity (Wildman–Crippen MR) is 63.2 cm³/mol. The van der Waals surface area contributed by atoms with Gasteiger partial charge in [-0.3, -0.25) is 0 Å². The lowest BCUT2D eigenvalue weighted by molar-refractivity contribution is 0.0510. The van der Waals surface area contributed by atoms with E-state index in [1.807, 2.05) is 30.3 Å². The molecule has 0 spiro atoms. The zero-order valence-corrected chi connectivity index (χ0v) is 9.96. The van der Waals surface area contributed by atoms with Crippen LogP contribution >= 0.6 is 0 Å². The van der Waals surface area contributed by atoms with Crippen LogP contribution in [0, 0.1) is 0 Å². The molecular weight excluding hydrogens is 234 g/mol. The van der Waals surface area contributed by atoms with E-state index in [-0.39, 0.29) is 18.1 Å². The van der Waals surface area contributed by atoms with Gasteiger partial charge in [0.05, 0.1) is 6.61 Å². The third kappa shape index (κ3) is 2.88. The van der Waals surface area contributed by atoms with Crippen LogP contribution in [0.2, 0.25) is 0 Å². The van der Waals surface area contributed by atoms with Crippen molar-refractivity contribution in [2.75, 3.05) is 6.61 Å². The lowest BCUT2D eigenvalue weighted by Gasteiger charge is -2.04. The summed E-state index contributed by atoms with van der Waals surface area (Å²) in [5, 5.41) is 3.57. The molecule has 2 rings (SSSR count). The van der Waals surface area contributed by atoms with Crippen LogP contribution in [0.25, 0.3) is 0 Å². The Morgan fingerprint density at radius 3 is 2.83 bits per heavy atom. The SMILES string of the molecule is CCOC(=O)c1nocc1OCc1ccccc1. The third-order valence-corrected chi connectivity index (χ3v) is 2.24. The van der Waals surface area contributed by atoms with Crippen LogP contribution in [0.15, 0.2) is 41.1 Å². The van der Waals surface area contributed by atoms with Gasteiger partial charge in [-0.05, 0) is 12.5 Å². The third-order valence-electron chi connectivity index (χ3n) is 2.24. The first-order chi connectivity index (χ1) is 8.81. The minimum absolute atomic E-state index is 0.0628. The highest BCUT2D eigenvalue weighted by Crippen LogP contribution is 2.19. The maximum Gasteiger partial charge on any atom is 0.364 e. The Kier molecular flexibility index (Phi) is 3.96. The molecule has 2 aromatic rings. The monoisotopic (exact) mass is 247 g/mol. The Balaban J connectivity index is 2.02. The largest absolute Gasteiger partial charge is 0.483 e. The topological polar surface area (TPSA) is 61.6 Å². The van der Waals surface area contributed by atoms with Gasteiger partial charge in [0.2, 0.25) is 5.69 Å². The van der Waals surface area contributed by atoms with Crippen LogP contribution in [0.4, 0.5) is 0 Å². The quantitative estimate of drug-likeness (QED) is 0.759. The molecule has 94 valence electrons. The number of esters is 1. The second-order valence-electron chi connectivity index (χ2n) is 3.52. The molecule has 1 aromatic carbocycles. The number of ether oxygens (including phenoxy) is 2. The fourth-order valence-electron chi connectivity index (χ4n) is 1.40. The standard InChI is InChI=1S/C13H13NO4/c1-2-16-13(15)12-11(9-18-14-12)17-8-10-6-4-3-5-7-10/h3-7,9H,2,8H2,1H3. The number of hydrogen-bond donors (Lipinski definition) is 0. The lowest BCUT2D eigenvalue weighted by atomic mass is 10.2. The summed E-state index contributed by atoms with van der Waals surface area (Å²) in [5.74, 6) is -0.258. The smallest absolute Gasteiger partial charge is 0.364 e. The molecule has 1 heterocycles. The van der Waals surface area contributed by atoms with E-state index < -0.39 is 5.97 Å². The Morgan fingerprint density at radius 2 is 2.11 bits per heavy atom. The minimum Gasteiger partial charge on any atom is -0.483 e. The van der Waals surface area contributed by atoms with Crippen LogP contribution in [0.1, 0.15) is 23.0 Å². The van der Waals surface area contributed by atoms with E-state index in [0.29, 0.717) is 6.61 Å². The number of nitrogens with zero attached hydrogens (tertiary/aromatic N) is 1. The van der Waals surface area contributed by atoms with Crippen molar-refractivity contribution in [1.29, 1.82) is 0 Å². The highest BCUT2D eigenvalue weighted by atomic mass is 16.5. The van der Waals surface area contributed by atoms with Crippen molar-refractivity contribution >= 4 is 5.97 Å². The first-order valence-corrected chi connectivity index (χ1v) is 5.59. The Hall–Kier alpha value is -2.30. The van der Waals surface area contributed by atoms with Crippen molar-refractivity contribution in [1.82, 2.24) is 5.16 Å². The molecule has 0 aliphatic rings. The molecule has 0 amide bonds. The lowest BCUT2D eigenvalue weighted by Crippen LogP contribution is -2.07. The molecular formula is C13H13NO4. The van der Waals surface area contributed by atoms with Gasteiger partial charge in [0.15, 0.2) is 12.0 Å². The van der Waals surface area contributed by atoms with Gasteiger partial charge < -0.3 is 14.0 Å². The zero-order valence-electron chi connectivity index (χ0n) is 9.96. The number of carbonyl (C=O) groups excluding carboxylic acids is 1. The second kappa shape index (κ2) is 5.86. The summed E-state index contributed by atoms with van der Waals surface area (Å²) >= 11 is 0. The van der Waals surface area contributed by atoms with Crippen LogP contribution in [-0.4, -0.2) is 17.7 Å². The predicted octanol–water partition coefficient (Wildman–Crippen LogP) is 2.43. The number of rotatable bonds is 5. The molecule has 0 aliphatic carbocycles. The summed E-state index contributed by atoms with van der Waals surface area (Å²) in [6, 6.07) is 9.61. The van der Waals surface area contributed by atoms with Gasteiger partial charge in [-0.25, -0.2) is 4.79 Å². The normalized spacial score (nSPS) is 10.1. The van der Waals surface area contributed by atoms with Gasteiger partial charge in [-0.2, -0.15) is 0 Å². The molecule has 18 heavy (non-hydrogen) atoms. The van der Waals surface area contributed by atoms with E-state index in [9.17, 15) is 4.79 Å². The minimum atomic E-state index is -0.547. The first kappa shape index (κ1) is 12.2. The van der Waals surface area contributed by atoms with Gasteiger partial charge >= 0.3 is 5.97 Å². The fraction of sp³-hybridized carbons (Fsp3) is 0.231. The average Bonchev–Trinajstić information content (AvgIpc) is 2.86. The van der Waals surface area contributed by atoms with Crippen LogP contribution in [0.3, 0.4) is 0 Å². The molecule has 5 nitrogen and oxygen atoms in total. The highest BCUT2D eigenvalue weighted by molar-refractivity contribution is 5.89. The molecule has 0 unspecified atom stereocenters. The summed E-state index contributed by atoms with van der Waals surface area (Å²) in [6.07, 6.45) is 1.29. The maximum atomic E-state index is 11.5. The summed E-state index contributed by atoms with van der Waals surface area (Å²) in [6.45, 7) is 2.35. The van der Waals surface area contributed by atoms with Crippen molar-refractivity contribution < 1.29 is 18.8 Å². The van der Waals surface area contributed by atoms with Crippen molar-refractivity contribution in [3.8, 4) is 5.75 Å². The van der Waals surface area contributed by atoms with Gasteiger partial charge in [-0.15, -0.1) is 0 Å². The highest BCUT2D eigenvalue weighted by Gasteiger charge is 2.18. The fourth-order valence-corrected chi connectivity index (χ4v) is 1.40. The number of aromatic nitrogens is 1. The van der Waals surface area contributed by atoms with E-state index in [2.05, 4.69) is 5.16 Å². The Morgan fingerprint density at radius 1 is 1.33 bits per heavy atom. The number of hydrogen-bond acceptors (Lipinski definition) is 5. The molecule has 5 heteroatoms. The Labute approximate surface area is 104 Å². The maximum absolute atomic E-state index is 11.5. The molecule has 0 fully saturated rings. The first-order valence-electron chi connectivity index (χ1n) is 5.59. The van der Waals surface area contributed by atoms with E-state index in [4.69, 9.17) is 14.0 Å². The van der Waals surface area contributed by atoms with Crippen molar-refractivity contribution in [2.45, 2.75) is 13.5 Å². The van der Waals surface area contributed by atoms with Crippen molar-refractivity contribution in [3.05, 3.63) is 47.9 Å². The van der Waals surface area contributed by atoms with Crippen molar-refractivity contribution in [2.24, 2.45) is 0 Å². The van der Waals surface area contributed by atoms with Crippen LogP contribution in [0.5, 0.6) is 5.75 Å². The molecule has 0 N–H and O–H groups in total. The van der Waals surface area contributed by atoms with Crippen LogP contribution in [-0.2, 0) is 11.3 Å². The molecule has 1 aromatic heterocycles. The zero-order chi connectivity index (χ0) is 12.8. The molecule has 0 aliphatic heterocycles. The van der Waals surface area contributed by atoms with Crippen molar-refractivity contribution in [3.63, 3.8) is 0 Å². The van der Waals surface area contributed by atoms with Crippen LogP contribution < -0.4 is 4.74 Å². The van der Waals surface area contributed by atoms with E-state index in [1.165, 1.54) is 6.26 Å². The second-order valence-corrected chi connectivity index (χ2v) is 3.52. The van der Waals surface area contributed by atoms with E-state index in [1.54, 1.807) is 6.92 Å². The Bertz CT molecular complexity index is 507. The summed E-state index contributed by atoms with van der Waals surface area (Å²) in [5.41, 5.74) is 1.06. The molecule has 0 bridgehead atoms. The number of benzene rings is 1. The summed E-state index contributed by atoms with van der Waals surface area (Å²) in [7, 11) is 0. The van der Waals surface area contributed by atoms with E-state index >= 15 is 0 Å². The van der Waals surface area contributed by atoms with Gasteiger partial charge in [0.25, 0.3) is 0 Å². The van der Waals surface area contributed by atoms with Gasteiger partial charge in [-0.1, -0.05) is 35.5 Å². The molecule has 0 radical (unpaired) electrons. The average molecular weight is 247 g/mol. The van der Waals surface area contributed by atoms with E-state index in [0.717, 1.165) is 5.56 Å². The molecule has 0 atom stereocenters. The summed E-state index contributed by atoms with van der Waals surface area (Å²) in [4.78, 5) is 11.5. The molecule has 0 saturated heterocycles. The summed E-state index contributed by atoms with van der Waals surface area (Å²) < 4.78 is 15.0.